The lowest BCUT2D eigenvalue weighted by atomic mass is 9.79. The Balaban J connectivity index is 1.95. The number of likely N-dealkylation sites (tertiary alicyclic amines) is 1. The largest absolute Gasteiger partial charge is 0.383 e. The average molecular weight is 227 g/mol. The Morgan fingerprint density at radius 3 is 2.38 bits per heavy atom. The SMILES string of the molecule is COCCN1CC2CNCC(C1)C2N(C)C. The van der Waals surface area contributed by atoms with Crippen molar-refractivity contribution < 1.29 is 4.74 Å². The number of hydrogen-bond donors (Lipinski definition) is 1. The summed E-state index contributed by atoms with van der Waals surface area (Å²) in [5, 5.41) is 3.56. The van der Waals surface area contributed by atoms with E-state index in [-0.39, 0.29) is 0 Å². The number of piperidine rings is 2. The predicted molar refractivity (Wildman–Crippen MR) is 65.6 cm³/mol. The minimum absolute atomic E-state index is 0.764. The van der Waals surface area contributed by atoms with Gasteiger partial charge in [0.15, 0.2) is 0 Å². The number of hydrogen-bond acceptors (Lipinski definition) is 4. The van der Waals surface area contributed by atoms with Gasteiger partial charge in [0.25, 0.3) is 0 Å². The van der Waals surface area contributed by atoms with Crippen LogP contribution in [-0.4, -0.2) is 76.4 Å². The number of ether oxygens (including phenoxy) is 1. The summed E-state index contributed by atoms with van der Waals surface area (Å²) in [7, 11) is 6.23. The Morgan fingerprint density at radius 2 is 1.88 bits per heavy atom. The molecule has 94 valence electrons. The highest BCUT2D eigenvalue weighted by atomic mass is 16.5. The Hall–Kier alpha value is -0.160. The standard InChI is InChI=1S/C12H25N3O/c1-14(2)12-10-6-13-7-11(12)9-15(8-10)4-5-16-3/h10-13H,4-9H2,1-3H3. The van der Waals surface area contributed by atoms with E-state index < -0.39 is 0 Å². The van der Waals surface area contributed by atoms with Crippen molar-refractivity contribution in [1.29, 1.82) is 0 Å². The Morgan fingerprint density at radius 1 is 1.25 bits per heavy atom. The topological polar surface area (TPSA) is 27.7 Å². The molecule has 0 radical (unpaired) electrons. The van der Waals surface area contributed by atoms with E-state index in [1.165, 1.54) is 26.2 Å². The fourth-order valence-corrected chi connectivity index (χ4v) is 3.41. The van der Waals surface area contributed by atoms with Crippen molar-refractivity contribution in [2.75, 3.05) is 60.5 Å². The third-order valence-corrected chi connectivity index (χ3v) is 3.97. The summed E-state index contributed by atoms with van der Waals surface area (Å²) in [6.45, 7) is 6.72. The molecule has 0 amide bonds. The summed E-state index contributed by atoms with van der Waals surface area (Å²) in [6, 6.07) is 0.764. The zero-order valence-corrected chi connectivity index (χ0v) is 10.8. The molecular weight excluding hydrogens is 202 g/mol. The Bertz CT molecular complexity index is 208. The molecule has 0 aromatic carbocycles. The smallest absolute Gasteiger partial charge is 0.0589 e. The number of rotatable bonds is 4. The van der Waals surface area contributed by atoms with Crippen LogP contribution < -0.4 is 5.32 Å². The van der Waals surface area contributed by atoms with Gasteiger partial charge < -0.3 is 19.9 Å². The highest BCUT2D eigenvalue weighted by Gasteiger charge is 2.40. The number of fused-ring (bicyclic) bond motifs is 2. The molecule has 0 aromatic heterocycles. The van der Waals surface area contributed by atoms with Crippen LogP contribution in [0.3, 0.4) is 0 Å². The van der Waals surface area contributed by atoms with Gasteiger partial charge in [0.2, 0.25) is 0 Å². The van der Waals surface area contributed by atoms with Gasteiger partial charge in [-0.05, 0) is 25.9 Å². The maximum Gasteiger partial charge on any atom is 0.0589 e. The van der Waals surface area contributed by atoms with Crippen molar-refractivity contribution >= 4 is 0 Å². The molecule has 0 spiro atoms. The monoisotopic (exact) mass is 227 g/mol. The van der Waals surface area contributed by atoms with E-state index >= 15 is 0 Å². The third-order valence-electron chi connectivity index (χ3n) is 3.97. The molecule has 2 fully saturated rings. The van der Waals surface area contributed by atoms with Crippen molar-refractivity contribution in [3.05, 3.63) is 0 Å². The molecule has 0 aromatic rings. The quantitative estimate of drug-likeness (QED) is 0.714. The molecule has 2 bridgehead atoms. The van der Waals surface area contributed by atoms with Gasteiger partial charge in [-0.2, -0.15) is 0 Å². The summed E-state index contributed by atoms with van der Waals surface area (Å²) in [4.78, 5) is 4.99. The van der Waals surface area contributed by atoms with Crippen LogP contribution in [0, 0.1) is 11.8 Å². The van der Waals surface area contributed by atoms with Crippen LogP contribution in [0.1, 0.15) is 0 Å². The first-order chi connectivity index (χ1) is 7.72. The zero-order valence-electron chi connectivity index (χ0n) is 10.8. The molecule has 2 saturated heterocycles. The first kappa shape index (κ1) is 12.3. The van der Waals surface area contributed by atoms with Crippen LogP contribution in [0.4, 0.5) is 0 Å². The lowest BCUT2D eigenvalue weighted by Gasteiger charge is -2.50. The van der Waals surface area contributed by atoms with Gasteiger partial charge in [-0.25, -0.2) is 0 Å². The van der Waals surface area contributed by atoms with Crippen molar-refractivity contribution in [2.45, 2.75) is 6.04 Å². The first-order valence-electron chi connectivity index (χ1n) is 6.30. The fraction of sp³-hybridized carbons (Fsp3) is 1.00. The fourth-order valence-electron chi connectivity index (χ4n) is 3.41. The van der Waals surface area contributed by atoms with E-state index in [1.54, 1.807) is 7.11 Å². The molecule has 16 heavy (non-hydrogen) atoms. The van der Waals surface area contributed by atoms with Gasteiger partial charge in [-0.15, -0.1) is 0 Å². The number of nitrogens with zero attached hydrogens (tertiary/aromatic N) is 2. The van der Waals surface area contributed by atoms with E-state index in [0.717, 1.165) is 31.0 Å². The van der Waals surface area contributed by atoms with E-state index in [2.05, 4.69) is 29.2 Å². The lowest BCUT2D eigenvalue weighted by molar-refractivity contribution is 0.00259. The number of methoxy groups -OCH3 is 1. The summed E-state index contributed by atoms with van der Waals surface area (Å²) in [5.41, 5.74) is 0. The number of nitrogens with one attached hydrogen (secondary N) is 1. The van der Waals surface area contributed by atoms with E-state index in [1.807, 2.05) is 0 Å². The molecule has 1 N–H and O–H groups in total. The summed E-state index contributed by atoms with van der Waals surface area (Å²) in [6.07, 6.45) is 0. The van der Waals surface area contributed by atoms with Gasteiger partial charge in [0.1, 0.15) is 0 Å². The molecule has 2 rings (SSSR count). The molecule has 2 unspecified atom stereocenters. The van der Waals surface area contributed by atoms with Crippen molar-refractivity contribution in [3.63, 3.8) is 0 Å². The second-order valence-corrected chi connectivity index (χ2v) is 5.38. The molecule has 2 aliphatic heterocycles. The zero-order chi connectivity index (χ0) is 11.5. The van der Waals surface area contributed by atoms with E-state index in [9.17, 15) is 0 Å². The molecular formula is C12H25N3O. The first-order valence-corrected chi connectivity index (χ1v) is 6.30. The summed E-state index contributed by atoms with van der Waals surface area (Å²) >= 11 is 0. The van der Waals surface area contributed by atoms with Gasteiger partial charge in [0.05, 0.1) is 6.61 Å². The van der Waals surface area contributed by atoms with E-state index in [0.29, 0.717) is 0 Å². The van der Waals surface area contributed by atoms with Crippen LogP contribution in [-0.2, 0) is 4.74 Å². The third kappa shape index (κ3) is 2.56. The van der Waals surface area contributed by atoms with Gasteiger partial charge >= 0.3 is 0 Å². The van der Waals surface area contributed by atoms with Crippen molar-refractivity contribution in [2.24, 2.45) is 11.8 Å². The van der Waals surface area contributed by atoms with Crippen LogP contribution >= 0.6 is 0 Å². The van der Waals surface area contributed by atoms with Crippen LogP contribution in [0.25, 0.3) is 0 Å². The van der Waals surface area contributed by atoms with E-state index in [4.69, 9.17) is 4.74 Å². The molecule has 0 aliphatic carbocycles. The van der Waals surface area contributed by atoms with Gasteiger partial charge in [0, 0.05) is 45.9 Å². The molecule has 2 heterocycles. The molecule has 2 aliphatic rings. The predicted octanol–water partition coefficient (Wildman–Crippen LogP) is -0.286. The molecule has 2 atom stereocenters. The van der Waals surface area contributed by atoms with Crippen LogP contribution in [0.2, 0.25) is 0 Å². The van der Waals surface area contributed by atoms with Crippen LogP contribution in [0.15, 0.2) is 0 Å². The molecule has 4 heteroatoms. The molecule has 4 nitrogen and oxygen atoms in total. The van der Waals surface area contributed by atoms with Gasteiger partial charge in [-0.1, -0.05) is 0 Å². The minimum atomic E-state index is 0.764. The Labute approximate surface area is 98.9 Å². The lowest BCUT2D eigenvalue weighted by Crippen LogP contribution is -2.63. The van der Waals surface area contributed by atoms with Gasteiger partial charge in [-0.3, -0.25) is 0 Å². The average Bonchev–Trinajstić information content (AvgIpc) is 2.24. The Kier molecular flexibility index (Phi) is 4.19. The highest BCUT2D eigenvalue weighted by molar-refractivity contribution is 4.96. The maximum absolute atomic E-state index is 5.17. The summed E-state index contributed by atoms with van der Waals surface area (Å²) in [5.74, 6) is 1.55. The summed E-state index contributed by atoms with van der Waals surface area (Å²) < 4.78 is 5.17. The normalized spacial score (nSPS) is 35.6. The minimum Gasteiger partial charge on any atom is -0.383 e. The molecule has 0 saturated carbocycles. The van der Waals surface area contributed by atoms with Crippen molar-refractivity contribution in [3.8, 4) is 0 Å². The second-order valence-electron chi connectivity index (χ2n) is 5.38. The van der Waals surface area contributed by atoms with Crippen molar-refractivity contribution in [1.82, 2.24) is 15.1 Å². The highest BCUT2D eigenvalue weighted by Crippen LogP contribution is 2.28. The van der Waals surface area contributed by atoms with Crippen LogP contribution in [0.5, 0.6) is 0 Å². The maximum atomic E-state index is 5.17. The second kappa shape index (κ2) is 5.45.